The molecule has 2 N–H and O–H groups in total. The third-order valence-corrected chi connectivity index (χ3v) is 3.07. The number of hydrogen-bond acceptors (Lipinski definition) is 3. The Morgan fingerprint density at radius 3 is 2.72 bits per heavy atom. The predicted octanol–water partition coefficient (Wildman–Crippen LogP) is 2.62. The molecule has 0 aliphatic carbocycles. The lowest BCUT2D eigenvalue weighted by Crippen LogP contribution is -2.00. The van der Waals surface area contributed by atoms with Crippen LogP contribution < -0.4 is 5.73 Å². The predicted molar refractivity (Wildman–Crippen MR) is 72.8 cm³/mol. The van der Waals surface area contributed by atoms with Gasteiger partial charge in [0.25, 0.3) is 0 Å². The van der Waals surface area contributed by atoms with Crippen LogP contribution in [0.4, 0.5) is 5.69 Å². The Hall–Kier alpha value is -2.36. The maximum absolute atomic E-state index is 5.77. The van der Waals surface area contributed by atoms with Crippen LogP contribution in [-0.4, -0.2) is 14.8 Å². The van der Waals surface area contributed by atoms with Gasteiger partial charge in [0.05, 0.1) is 23.3 Å². The van der Waals surface area contributed by atoms with E-state index in [9.17, 15) is 0 Å². The van der Waals surface area contributed by atoms with Gasteiger partial charge in [-0.2, -0.15) is 5.10 Å². The Kier molecular flexibility index (Phi) is 2.30. The average Bonchev–Trinajstić information content (AvgIpc) is 2.67. The first-order valence-corrected chi connectivity index (χ1v) is 5.83. The summed E-state index contributed by atoms with van der Waals surface area (Å²) in [5.74, 6) is 0. The smallest absolute Gasteiger partial charge is 0.163 e. The lowest BCUT2D eigenvalue weighted by molar-refractivity contribution is 0.871. The van der Waals surface area contributed by atoms with Crippen LogP contribution in [0.3, 0.4) is 0 Å². The van der Waals surface area contributed by atoms with E-state index in [0.29, 0.717) is 5.69 Å². The summed E-state index contributed by atoms with van der Waals surface area (Å²) in [4.78, 5) is 4.39. The van der Waals surface area contributed by atoms with Gasteiger partial charge in [-0.1, -0.05) is 18.2 Å². The van der Waals surface area contributed by atoms with Crippen LogP contribution >= 0.6 is 0 Å². The first kappa shape index (κ1) is 10.8. The Morgan fingerprint density at radius 1 is 1.17 bits per heavy atom. The third-order valence-electron chi connectivity index (χ3n) is 3.07. The molecule has 0 amide bonds. The summed E-state index contributed by atoms with van der Waals surface area (Å²) in [6, 6.07) is 10.0. The number of para-hydroxylation sites is 1. The third kappa shape index (κ3) is 1.54. The van der Waals surface area contributed by atoms with Crippen molar-refractivity contribution in [2.24, 2.45) is 0 Å². The molecule has 0 aliphatic heterocycles. The largest absolute Gasteiger partial charge is 0.397 e. The van der Waals surface area contributed by atoms with Crippen LogP contribution in [0.2, 0.25) is 0 Å². The van der Waals surface area contributed by atoms with Gasteiger partial charge < -0.3 is 5.73 Å². The van der Waals surface area contributed by atoms with E-state index < -0.39 is 0 Å². The van der Waals surface area contributed by atoms with Gasteiger partial charge in [-0.3, -0.25) is 0 Å². The van der Waals surface area contributed by atoms with E-state index in [1.807, 2.05) is 35.9 Å². The van der Waals surface area contributed by atoms with Gasteiger partial charge in [-0.25, -0.2) is 9.67 Å². The Labute approximate surface area is 105 Å². The Balaban J connectivity index is 2.34. The molecule has 0 radical (unpaired) electrons. The van der Waals surface area contributed by atoms with Crippen molar-refractivity contribution >= 4 is 16.7 Å². The summed E-state index contributed by atoms with van der Waals surface area (Å²) in [6.45, 7) is 4.04. The van der Waals surface area contributed by atoms with Crippen LogP contribution in [-0.2, 0) is 0 Å². The first-order valence-electron chi connectivity index (χ1n) is 5.83. The fraction of sp³-hybridized carbons (Fsp3) is 0.143. The molecular weight excluding hydrogens is 224 g/mol. The van der Waals surface area contributed by atoms with Crippen LogP contribution in [0.25, 0.3) is 16.7 Å². The number of nitrogens with two attached hydrogens (primary N) is 1. The van der Waals surface area contributed by atoms with Crippen LogP contribution in [0.1, 0.15) is 11.3 Å². The summed E-state index contributed by atoms with van der Waals surface area (Å²) >= 11 is 0. The van der Waals surface area contributed by atoms with E-state index in [2.05, 4.69) is 23.1 Å². The Morgan fingerprint density at radius 2 is 1.94 bits per heavy atom. The highest BCUT2D eigenvalue weighted by atomic mass is 15.3. The fourth-order valence-electron chi connectivity index (χ4n) is 2.13. The number of benzene rings is 1. The summed E-state index contributed by atoms with van der Waals surface area (Å²) in [7, 11) is 0. The standard InChI is InChI=1S/C14H14N4/c1-9-5-3-4-6-13(9)18-14-12(10(2)17-18)7-11(15)8-16-14/h3-8H,15H2,1-2H3. The van der Waals surface area contributed by atoms with Gasteiger partial charge in [-0.15, -0.1) is 0 Å². The maximum Gasteiger partial charge on any atom is 0.163 e. The monoisotopic (exact) mass is 238 g/mol. The van der Waals surface area contributed by atoms with E-state index in [4.69, 9.17) is 5.73 Å². The minimum atomic E-state index is 0.662. The number of aryl methyl sites for hydroxylation is 2. The normalized spacial score (nSPS) is 11.0. The van der Waals surface area contributed by atoms with E-state index >= 15 is 0 Å². The molecule has 18 heavy (non-hydrogen) atoms. The molecule has 0 spiro atoms. The highest BCUT2D eigenvalue weighted by Crippen LogP contribution is 2.23. The number of nitrogen functional groups attached to an aromatic ring is 1. The van der Waals surface area contributed by atoms with Gasteiger partial charge in [0.2, 0.25) is 0 Å². The molecule has 4 nitrogen and oxygen atoms in total. The second-order valence-electron chi connectivity index (χ2n) is 4.42. The van der Waals surface area contributed by atoms with Crippen LogP contribution in [0, 0.1) is 13.8 Å². The molecular formula is C14H14N4. The van der Waals surface area contributed by atoms with Crippen molar-refractivity contribution in [1.29, 1.82) is 0 Å². The zero-order valence-corrected chi connectivity index (χ0v) is 10.4. The number of pyridine rings is 1. The number of anilines is 1. The van der Waals surface area contributed by atoms with Gasteiger partial charge in [0, 0.05) is 5.39 Å². The zero-order chi connectivity index (χ0) is 12.7. The molecule has 2 heterocycles. The molecule has 0 fully saturated rings. The number of fused-ring (bicyclic) bond motifs is 1. The molecule has 3 aromatic rings. The SMILES string of the molecule is Cc1ccccc1-n1nc(C)c2cc(N)cnc21. The molecule has 1 aromatic carbocycles. The molecule has 0 atom stereocenters. The average molecular weight is 238 g/mol. The van der Waals surface area contributed by atoms with E-state index in [1.54, 1.807) is 6.20 Å². The number of rotatable bonds is 1. The summed E-state index contributed by atoms with van der Waals surface area (Å²) in [5, 5.41) is 5.56. The highest BCUT2D eigenvalue weighted by Gasteiger charge is 2.11. The first-order chi connectivity index (χ1) is 8.66. The van der Waals surface area contributed by atoms with Crippen molar-refractivity contribution in [3.05, 3.63) is 47.8 Å². The number of nitrogens with zero attached hydrogens (tertiary/aromatic N) is 3. The van der Waals surface area contributed by atoms with E-state index in [-0.39, 0.29) is 0 Å². The zero-order valence-electron chi connectivity index (χ0n) is 10.4. The molecule has 90 valence electrons. The summed E-state index contributed by atoms with van der Waals surface area (Å²) in [5.41, 5.74) is 10.4. The molecule has 4 heteroatoms. The molecule has 0 saturated carbocycles. The molecule has 0 unspecified atom stereocenters. The molecule has 0 saturated heterocycles. The van der Waals surface area contributed by atoms with Crippen molar-refractivity contribution in [2.45, 2.75) is 13.8 Å². The molecule has 0 bridgehead atoms. The number of hydrogen-bond donors (Lipinski definition) is 1. The van der Waals surface area contributed by atoms with Crippen molar-refractivity contribution in [3.8, 4) is 5.69 Å². The quantitative estimate of drug-likeness (QED) is 0.709. The molecule has 3 rings (SSSR count). The van der Waals surface area contributed by atoms with Gasteiger partial charge in [0.1, 0.15) is 0 Å². The van der Waals surface area contributed by atoms with Crippen molar-refractivity contribution in [1.82, 2.24) is 14.8 Å². The lowest BCUT2D eigenvalue weighted by Gasteiger charge is -2.06. The molecule has 2 aromatic heterocycles. The van der Waals surface area contributed by atoms with Crippen LogP contribution in [0.5, 0.6) is 0 Å². The maximum atomic E-state index is 5.77. The fourth-order valence-corrected chi connectivity index (χ4v) is 2.13. The second kappa shape index (κ2) is 3.84. The van der Waals surface area contributed by atoms with E-state index in [1.165, 1.54) is 5.56 Å². The Bertz CT molecular complexity index is 728. The van der Waals surface area contributed by atoms with Gasteiger partial charge >= 0.3 is 0 Å². The van der Waals surface area contributed by atoms with Crippen molar-refractivity contribution in [2.75, 3.05) is 5.73 Å². The lowest BCUT2D eigenvalue weighted by atomic mass is 10.2. The van der Waals surface area contributed by atoms with Gasteiger partial charge in [-0.05, 0) is 31.5 Å². The summed E-state index contributed by atoms with van der Waals surface area (Å²) in [6.07, 6.45) is 1.66. The minimum absolute atomic E-state index is 0.662. The van der Waals surface area contributed by atoms with Crippen LogP contribution in [0.15, 0.2) is 36.5 Å². The topological polar surface area (TPSA) is 56.7 Å². The van der Waals surface area contributed by atoms with Gasteiger partial charge in [0.15, 0.2) is 5.65 Å². The minimum Gasteiger partial charge on any atom is -0.397 e. The second-order valence-corrected chi connectivity index (χ2v) is 4.42. The highest BCUT2D eigenvalue weighted by molar-refractivity contribution is 5.82. The number of aromatic nitrogens is 3. The molecule has 0 aliphatic rings. The van der Waals surface area contributed by atoms with E-state index in [0.717, 1.165) is 22.4 Å². The summed E-state index contributed by atoms with van der Waals surface area (Å²) < 4.78 is 1.87. The van der Waals surface area contributed by atoms with Crippen molar-refractivity contribution < 1.29 is 0 Å². The van der Waals surface area contributed by atoms with Crippen molar-refractivity contribution in [3.63, 3.8) is 0 Å².